The molecule has 0 saturated carbocycles. The van der Waals surface area contributed by atoms with Crippen LogP contribution in [0, 0.1) is 0 Å². The Morgan fingerprint density at radius 1 is 1.27 bits per heavy atom. The summed E-state index contributed by atoms with van der Waals surface area (Å²) in [5, 5.41) is 4.15. The highest BCUT2D eigenvalue weighted by Gasteiger charge is 2.23. The summed E-state index contributed by atoms with van der Waals surface area (Å²) in [6, 6.07) is 10.2. The minimum absolute atomic E-state index is 0.413. The Kier molecular flexibility index (Phi) is 2.96. The second-order valence-corrected chi connectivity index (χ2v) is 5.42. The molecule has 0 fully saturated rings. The Morgan fingerprint density at radius 3 is 2.67 bits per heavy atom. The lowest BCUT2D eigenvalue weighted by Gasteiger charge is -2.24. The van der Waals surface area contributed by atoms with Gasteiger partial charge in [0.05, 0.1) is 5.54 Å². The Hall–Kier alpha value is -0.640. The second-order valence-electron chi connectivity index (χ2n) is 3.72. The monoisotopic (exact) mass is 281 g/mol. The molecule has 0 aliphatic rings. The van der Waals surface area contributed by atoms with Crippen LogP contribution in [0.2, 0.25) is 0 Å². The van der Waals surface area contributed by atoms with E-state index in [1.165, 1.54) is 0 Å². The van der Waals surface area contributed by atoms with Gasteiger partial charge in [0.25, 0.3) is 0 Å². The third-order valence-electron chi connectivity index (χ3n) is 2.55. The van der Waals surface area contributed by atoms with Crippen molar-refractivity contribution in [3.8, 4) is 0 Å². The van der Waals surface area contributed by atoms with E-state index in [2.05, 4.69) is 44.9 Å². The zero-order valence-corrected chi connectivity index (χ0v) is 10.8. The fraction of sp³-hybridized carbons (Fsp3) is 0.167. The number of benzene rings is 1. The van der Waals surface area contributed by atoms with Crippen LogP contribution in [0.1, 0.15) is 18.1 Å². The van der Waals surface area contributed by atoms with Gasteiger partial charge in [-0.15, -0.1) is 0 Å². The van der Waals surface area contributed by atoms with Gasteiger partial charge in [-0.05, 0) is 47.0 Å². The molecule has 2 aromatic rings. The lowest BCUT2D eigenvalue weighted by molar-refractivity contribution is 0.605. The van der Waals surface area contributed by atoms with Crippen molar-refractivity contribution in [2.75, 3.05) is 0 Å². The minimum atomic E-state index is -0.413. The molecule has 0 amide bonds. The molecule has 1 heterocycles. The summed E-state index contributed by atoms with van der Waals surface area (Å²) in [6.07, 6.45) is 0. The molecule has 3 heteroatoms. The van der Waals surface area contributed by atoms with E-state index in [0.29, 0.717) is 0 Å². The van der Waals surface area contributed by atoms with E-state index >= 15 is 0 Å². The van der Waals surface area contributed by atoms with Crippen molar-refractivity contribution < 1.29 is 0 Å². The van der Waals surface area contributed by atoms with Gasteiger partial charge >= 0.3 is 0 Å². The van der Waals surface area contributed by atoms with Crippen LogP contribution in [-0.4, -0.2) is 0 Å². The fourth-order valence-corrected chi connectivity index (χ4v) is 2.71. The largest absolute Gasteiger partial charge is 0.318 e. The van der Waals surface area contributed by atoms with Crippen molar-refractivity contribution >= 4 is 27.3 Å². The Bertz CT molecular complexity index is 448. The summed E-state index contributed by atoms with van der Waals surface area (Å²) in [5.41, 5.74) is 8.22. The fourth-order valence-electron chi connectivity index (χ4n) is 1.54. The minimum Gasteiger partial charge on any atom is -0.318 e. The highest BCUT2D eigenvalue weighted by atomic mass is 79.9. The molecule has 1 aromatic carbocycles. The topological polar surface area (TPSA) is 26.0 Å². The van der Waals surface area contributed by atoms with E-state index in [1.54, 1.807) is 11.3 Å². The highest BCUT2D eigenvalue weighted by Crippen LogP contribution is 2.29. The first kappa shape index (κ1) is 10.9. The van der Waals surface area contributed by atoms with Crippen molar-refractivity contribution in [1.82, 2.24) is 0 Å². The molecular formula is C12H12BrNS. The van der Waals surface area contributed by atoms with E-state index < -0.39 is 5.54 Å². The molecular weight excluding hydrogens is 270 g/mol. The van der Waals surface area contributed by atoms with Gasteiger partial charge in [-0.25, -0.2) is 0 Å². The number of nitrogens with two attached hydrogens (primary N) is 1. The molecule has 1 aromatic heterocycles. The van der Waals surface area contributed by atoms with Crippen molar-refractivity contribution in [2.45, 2.75) is 12.5 Å². The summed E-state index contributed by atoms with van der Waals surface area (Å²) in [7, 11) is 0. The third-order valence-corrected chi connectivity index (χ3v) is 3.72. The first-order chi connectivity index (χ1) is 7.10. The predicted octanol–water partition coefficient (Wildman–Crippen LogP) is 3.73. The molecule has 0 saturated heterocycles. The first-order valence-electron chi connectivity index (χ1n) is 4.68. The maximum Gasteiger partial charge on any atom is 0.0645 e. The quantitative estimate of drug-likeness (QED) is 0.892. The van der Waals surface area contributed by atoms with Crippen LogP contribution < -0.4 is 5.73 Å². The standard InChI is InChI=1S/C12H12BrNS/c1-12(14,10-5-6-15-8-10)9-3-2-4-11(13)7-9/h2-8H,14H2,1H3. The van der Waals surface area contributed by atoms with E-state index in [4.69, 9.17) is 5.73 Å². The van der Waals surface area contributed by atoms with Crippen LogP contribution >= 0.6 is 27.3 Å². The van der Waals surface area contributed by atoms with Crippen LogP contribution in [0.4, 0.5) is 0 Å². The molecule has 0 radical (unpaired) electrons. The van der Waals surface area contributed by atoms with E-state index in [9.17, 15) is 0 Å². The molecule has 2 N–H and O–H groups in total. The Balaban J connectivity index is 2.46. The number of halogens is 1. The number of thiophene rings is 1. The molecule has 78 valence electrons. The van der Waals surface area contributed by atoms with E-state index in [-0.39, 0.29) is 0 Å². The lowest BCUT2D eigenvalue weighted by atomic mass is 9.88. The van der Waals surface area contributed by atoms with Crippen LogP contribution in [-0.2, 0) is 5.54 Å². The Morgan fingerprint density at radius 2 is 2.07 bits per heavy atom. The maximum absolute atomic E-state index is 6.36. The lowest BCUT2D eigenvalue weighted by Crippen LogP contribution is -2.33. The molecule has 0 spiro atoms. The Labute approximate surface area is 102 Å². The number of hydrogen-bond donors (Lipinski definition) is 1. The molecule has 1 nitrogen and oxygen atoms in total. The normalized spacial score (nSPS) is 14.9. The van der Waals surface area contributed by atoms with Crippen molar-refractivity contribution in [2.24, 2.45) is 5.73 Å². The summed E-state index contributed by atoms with van der Waals surface area (Å²) in [5.74, 6) is 0. The molecule has 1 unspecified atom stereocenters. The number of hydrogen-bond acceptors (Lipinski definition) is 2. The summed E-state index contributed by atoms with van der Waals surface area (Å²) >= 11 is 5.14. The summed E-state index contributed by atoms with van der Waals surface area (Å²) in [4.78, 5) is 0. The van der Waals surface area contributed by atoms with Gasteiger partial charge in [-0.2, -0.15) is 11.3 Å². The van der Waals surface area contributed by atoms with Gasteiger partial charge in [-0.3, -0.25) is 0 Å². The first-order valence-corrected chi connectivity index (χ1v) is 6.42. The molecule has 2 rings (SSSR count). The number of rotatable bonds is 2. The smallest absolute Gasteiger partial charge is 0.0645 e. The van der Waals surface area contributed by atoms with E-state index in [0.717, 1.165) is 15.6 Å². The average Bonchev–Trinajstić information content (AvgIpc) is 2.71. The molecule has 1 atom stereocenters. The molecule has 0 bridgehead atoms. The third kappa shape index (κ3) is 2.14. The summed E-state index contributed by atoms with van der Waals surface area (Å²) < 4.78 is 1.06. The second kappa shape index (κ2) is 4.08. The maximum atomic E-state index is 6.36. The zero-order chi connectivity index (χ0) is 10.9. The predicted molar refractivity (Wildman–Crippen MR) is 69.1 cm³/mol. The molecule has 0 aliphatic carbocycles. The van der Waals surface area contributed by atoms with Crippen molar-refractivity contribution in [3.63, 3.8) is 0 Å². The van der Waals surface area contributed by atoms with Crippen LogP contribution in [0.25, 0.3) is 0 Å². The van der Waals surface area contributed by atoms with Crippen molar-refractivity contribution in [1.29, 1.82) is 0 Å². The van der Waals surface area contributed by atoms with Gasteiger partial charge in [0, 0.05) is 4.47 Å². The van der Waals surface area contributed by atoms with Crippen molar-refractivity contribution in [3.05, 3.63) is 56.7 Å². The van der Waals surface area contributed by atoms with Gasteiger partial charge < -0.3 is 5.73 Å². The van der Waals surface area contributed by atoms with Gasteiger partial charge in [-0.1, -0.05) is 28.1 Å². The van der Waals surface area contributed by atoms with Crippen LogP contribution in [0.3, 0.4) is 0 Å². The SMILES string of the molecule is CC(N)(c1ccsc1)c1cccc(Br)c1. The molecule has 0 aliphatic heterocycles. The molecule has 15 heavy (non-hydrogen) atoms. The zero-order valence-electron chi connectivity index (χ0n) is 8.41. The van der Waals surface area contributed by atoms with Crippen LogP contribution in [0.5, 0.6) is 0 Å². The van der Waals surface area contributed by atoms with Crippen LogP contribution in [0.15, 0.2) is 45.6 Å². The average molecular weight is 282 g/mol. The van der Waals surface area contributed by atoms with E-state index in [1.807, 2.05) is 19.1 Å². The van der Waals surface area contributed by atoms with Gasteiger partial charge in [0.15, 0.2) is 0 Å². The van der Waals surface area contributed by atoms with Gasteiger partial charge in [0.1, 0.15) is 0 Å². The highest BCUT2D eigenvalue weighted by molar-refractivity contribution is 9.10. The summed E-state index contributed by atoms with van der Waals surface area (Å²) in [6.45, 7) is 2.04. The van der Waals surface area contributed by atoms with Gasteiger partial charge in [0.2, 0.25) is 0 Å².